The molecule has 1 aliphatic rings. The van der Waals surface area contributed by atoms with Crippen molar-refractivity contribution >= 4 is 23.2 Å². The molecule has 0 aromatic heterocycles. The van der Waals surface area contributed by atoms with E-state index in [9.17, 15) is 9.59 Å². The second kappa shape index (κ2) is 11.5. The number of carbonyl (C=O) groups excluding carboxylic acids is 2. The maximum Gasteiger partial charge on any atom is 0.251 e. The van der Waals surface area contributed by atoms with Crippen molar-refractivity contribution in [2.24, 2.45) is 0 Å². The number of rotatable bonds is 9. The van der Waals surface area contributed by atoms with Crippen LogP contribution in [0.1, 0.15) is 27.9 Å². The first-order valence-corrected chi connectivity index (χ1v) is 10.8. The monoisotopic (exact) mass is 424 g/mol. The molecular formula is C24H32N4O3. The maximum absolute atomic E-state index is 12.3. The van der Waals surface area contributed by atoms with Crippen LogP contribution in [0, 0.1) is 13.8 Å². The highest BCUT2D eigenvalue weighted by Crippen LogP contribution is 2.14. The van der Waals surface area contributed by atoms with Crippen LogP contribution in [0.3, 0.4) is 0 Å². The molecular weight excluding hydrogens is 392 g/mol. The lowest BCUT2D eigenvalue weighted by Crippen LogP contribution is -2.38. The summed E-state index contributed by atoms with van der Waals surface area (Å²) in [5.74, 6) is -0.241. The zero-order valence-corrected chi connectivity index (χ0v) is 18.4. The van der Waals surface area contributed by atoms with Gasteiger partial charge in [-0.25, -0.2) is 0 Å². The zero-order valence-electron chi connectivity index (χ0n) is 18.4. The van der Waals surface area contributed by atoms with Crippen molar-refractivity contribution in [2.45, 2.75) is 20.3 Å². The summed E-state index contributed by atoms with van der Waals surface area (Å²) in [7, 11) is 0. The Bertz CT molecular complexity index is 877. The van der Waals surface area contributed by atoms with Gasteiger partial charge in [0.05, 0.1) is 19.8 Å². The standard InChI is InChI=1S/C24H32N4O3/c1-18-4-7-22(16-19(18)2)26-17-23(29)27-21-8-5-20(6-9-21)24(30)25-10-3-11-28-12-14-31-15-13-28/h4-9,16,26H,3,10-15,17H2,1-2H3,(H,25,30)(H,27,29). The summed E-state index contributed by atoms with van der Waals surface area (Å²) in [5.41, 5.74) is 4.56. The molecule has 166 valence electrons. The Morgan fingerprint density at radius 3 is 2.39 bits per heavy atom. The minimum absolute atomic E-state index is 0.101. The van der Waals surface area contributed by atoms with E-state index in [0.29, 0.717) is 17.8 Å². The van der Waals surface area contributed by atoms with Gasteiger partial charge in [-0.05, 0) is 74.3 Å². The van der Waals surface area contributed by atoms with E-state index in [1.807, 2.05) is 25.1 Å². The van der Waals surface area contributed by atoms with Crippen molar-refractivity contribution in [3.8, 4) is 0 Å². The summed E-state index contributed by atoms with van der Waals surface area (Å²) in [4.78, 5) is 26.8. The number of carbonyl (C=O) groups is 2. The molecule has 7 nitrogen and oxygen atoms in total. The second-order valence-corrected chi connectivity index (χ2v) is 7.84. The predicted molar refractivity (Wildman–Crippen MR) is 124 cm³/mol. The lowest BCUT2D eigenvalue weighted by molar-refractivity contribution is -0.114. The molecule has 2 aromatic carbocycles. The number of morpholine rings is 1. The third-order valence-electron chi connectivity index (χ3n) is 5.43. The van der Waals surface area contributed by atoms with Gasteiger partial charge in [0.1, 0.15) is 0 Å². The average Bonchev–Trinajstić information content (AvgIpc) is 2.78. The van der Waals surface area contributed by atoms with Crippen LogP contribution >= 0.6 is 0 Å². The van der Waals surface area contributed by atoms with E-state index in [-0.39, 0.29) is 18.4 Å². The van der Waals surface area contributed by atoms with Crippen LogP contribution in [0.4, 0.5) is 11.4 Å². The van der Waals surface area contributed by atoms with Crippen molar-refractivity contribution in [2.75, 3.05) is 56.6 Å². The molecule has 3 N–H and O–H groups in total. The first-order chi connectivity index (χ1) is 15.0. The quantitative estimate of drug-likeness (QED) is 0.539. The fourth-order valence-corrected chi connectivity index (χ4v) is 3.38. The normalized spacial score (nSPS) is 14.1. The second-order valence-electron chi connectivity index (χ2n) is 7.84. The topological polar surface area (TPSA) is 82.7 Å². The molecule has 0 unspecified atom stereocenters. The van der Waals surface area contributed by atoms with Gasteiger partial charge in [-0.3, -0.25) is 14.5 Å². The zero-order chi connectivity index (χ0) is 22.1. The summed E-state index contributed by atoms with van der Waals surface area (Å²) in [6.45, 7) is 9.37. The predicted octanol–water partition coefficient (Wildman–Crippen LogP) is 2.81. The highest BCUT2D eigenvalue weighted by atomic mass is 16.5. The lowest BCUT2D eigenvalue weighted by Gasteiger charge is -2.26. The third-order valence-corrected chi connectivity index (χ3v) is 5.43. The number of nitrogens with one attached hydrogen (secondary N) is 3. The van der Waals surface area contributed by atoms with Crippen LogP contribution in [-0.2, 0) is 9.53 Å². The summed E-state index contributed by atoms with van der Waals surface area (Å²) in [6.07, 6.45) is 0.910. The molecule has 3 rings (SSSR count). The molecule has 1 saturated heterocycles. The van der Waals surface area contributed by atoms with Gasteiger partial charge in [0.2, 0.25) is 5.91 Å². The fourth-order valence-electron chi connectivity index (χ4n) is 3.38. The molecule has 1 aliphatic heterocycles. The Kier molecular flexibility index (Phi) is 8.44. The van der Waals surface area contributed by atoms with Crippen molar-refractivity contribution in [3.05, 3.63) is 59.2 Å². The van der Waals surface area contributed by atoms with E-state index >= 15 is 0 Å². The third kappa shape index (κ3) is 7.38. The number of nitrogens with zero attached hydrogens (tertiary/aromatic N) is 1. The van der Waals surface area contributed by atoms with Crippen molar-refractivity contribution in [1.82, 2.24) is 10.2 Å². The van der Waals surface area contributed by atoms with Gasteiger partial charge in [-0.15, -0.1) is 0 Å². The number of amides is 2. The van der Waals surface area contributed by atoms with Crippen LogP contribution in [-0.4, -0.2) is 62.7 Å². The first kappa shape index (κ1) is 22.8. The highest BCUT2D eigenvalue weighted by Gasteiger charge is 2.10. The Morgan fingerprint density at radius 2 is 1.68 bits per heavy atom. The van der Waals surface area contributed by atoms with Gasteiger partial charge in [0.15, 0.2) is 0 Å². The van der Waals surface area contributed by atoms with Crippen molar-refractivity contribution in [3.63, 3.8) is 0 Å². The Hall–Kier alpha value is -2.90. The minimum atomic E-state index is -0.140. The minimum Gasteiger partial charge on any atom is -0.379 e. The molecule has 0 aliphatic carbocycles. The van der Waals surface area contributed by atoms with E-state index in [4.69, 9.17) is 4.74 Å². The molecule has 1 heterocycles. The molecule has 31 heavy (non-hydrogen) atoms. The van der Waals surface area contributed by atoms with E-state index in [0.717, 1.165) is 45.0 Å². The van der Waals surface area contributed by atoms with Crippen LogP contribution in [0.5, 0.6) is 0 Å². The molecule has 0 atom stereocenters. The highest BCUT2D eigenvalue weighted by molar-refractivity contribution is 5.96. The van der Waals surface area contributed by atoms with Gasteiger partial charge in [-0.1, -0.05) is 6.07 Å². The number of ether oxygens (including phenoxy) is 1. The SMILES string of the molecule is Cc1ccc(NCC(=O)Nc2ccc(C(=O)NCCCN3CCOCC3)cc2)cc1C. The van der Waals surface area contributed by atoms with Gasteiger partial charge in [0.25, 0.3) is 5.91 Å². The summed E-state index contributed by atoms with van der Waals surface area (Å²) in [6, 6.07) is 13.0. The molecule has 0 saturated carbocycles. The van der Waals surface area contributed by atoms with E-state index in [1.54, 1.807) is 24.3 Å². The first-order valence-electron chi connectivity index (χ1n) is 10.8. The largest absolute Gasteiger partial charge is 0.379 e. The average molecular weight is 425 g/mol. The van der Waals surface area contributed by atoms with Crippen molar-refractivity contribution in [1.29, 1.82) is 0 Å². The summed E-state index contributed by atoms with van der Waals surface area (Å²) in [5, 5.41) is 8.92. The number of hydrogen-bond acceptors (Lipinski definition) is 5. The number of aryl methyl sites for hydroxylation is 2. The molecule has 0 radical (unpaired) electrons. The molecule has 2 aromatic rings. The van der Waals surface area contributed by atoms with Crippen LogP contribution in [0.15, 0.2) is 42.5 Å². The Labute approximate surface area is 184 Å². The molecule has 0 bridgehead atoms. The van der Waals surface area contributed by atoms with Crippen LogP contribution in [0.25, 0.3) is 0 Å². The molecule has 1 fully saturated rings. The van der Waals surface area contributed by atoms with Gasteiger partial charge >= 0.3 is 0 Å². The van der Waals surface area contributed by atoms with Crippen LogP contribution < -0.4 is 16.0 Å². The fraction of sp³-hybridized carbons (Fsp3) is 0.417. The molecule has 7 heteroatoms. The Balaban J connectivity index is 1.37. The summed E-state index contributed by atoms with van der Waals surface area (Å²) >= 11 is 0. The number of benzene rings is 2. The number of anilines is 2. The van der Waals surface area contributed by atoms with Crippen molar-refractivity contribution < 1.29 is 14.3 Å². The van der Waals surface area contributed by atoms with Gasteiger partial charge in [0, 0.05) is 36.6 Å². The maximum atomic E-state index is 12.3. The van der Waals surface area contributed by atoms with Gasteiger partial charge < -0.3 is 20.7 Å². The molecule has 0 spiro atoms. The lowest BCUT2D eigenvalue weighted by atomic mass is 10.1. The van der Waals surface area contributed by atoms with Gasteiger partial charge in [-0.2, -0.15) is 0 Å². The molecule has 2 amide bonds. The van der Waals surface area contributed by atoms with E-state index in [1.165, 1.54) is 11.1 Å². The number of hydrogen-bond donors (Lipinski definition) is 3. The van der Waals surface area contributed by atoms with E-state index < -0.39 is 0 Å². The summed E-state index contributed by atoms with van der Waals surface area (Å²) < 4.78 is 5.34. The van der Waals surface area contributed by atoms with Crippen LogP contribution in [0.2, 0.25) is 0 Å². The van der Waals surface area contributed by atoms with E-state index in [2.05, 4.69) is 27.8 Å². The smallest absolute Gasteiger partial charge is 0.251 e. The Morgan fingerprint density at radius 1 is 0.968 bits per heavy atom.